The monoisotopic (exact) mass is 434 g/mol. The standard InChI is InChI=1S/C22H22F4N4O/c23-16-7-5-14(6-8-16)12-30-21(31)15-9-10-28-17(11-15)13-29-19-4-2-1-3-18(19)20(27)22(24,25)26/h5-11H,1-4,12-13,27H2,(H,30,31). The van der Waals surface area contributed by atoms with Crippen molar-refractivity contribution in [3.05, 3.63) is 76.5 Å². The summed E-state index contributed by atoms with van der Waals surface area (Å²) in [7, 11) is 0. The highest BCUT2D eigenvalue weighted by molar-refractivity contribution is 6.01. The minimum absolute atomic E-state index is 0.0447. The van der Waals surface area contributed by atoms with E-state index < -0.39 is 11.9 Å². The van der Waals surface area contributed by atoms with Crippen molar-refractivity contribution in [2.75, 3.05) is 0 Å². The number of carbonyl (C=O) groups excluding carboxylic acids is 1. The lowest BCUT2D eigenvalue weighted by atomic mass is 9.91. The van der Waals surface area contributed by atoms with Crippen LogP contribution in [0.2, 0.25) is 0 Å². The molecule has 0 atom stereocenters. The maximum atomic E-state index is 13.0. The maximum absolute atomic E-state index is 13.0. The summed E-state index contributed by atoms with van der Waals surface area (Å²) in [6.45, 7) is 0.271. The topological polar surface area (TPSA) is 80.4 Å². The van der Waals surface area contributed by atoms with E-state index in [1.807, 2.05) is 0 Å². The number of rotatable bonds is 5. The van der Waals surface area contributed by atoms with Crippen molar-refractivity contribution in [1.82, 2.24) is 10.3 Å². The van der Waals surface area contributed by atoms with Gasteiger partial charge in [0.2, 0.25) is 0 Å². The van der Waals surface area contributed by atoms with Crippen LogP contribution in [0.25, 0.3) is 0 Å². The zero-order valence-electron chi connectivity index (χ0n) is 16.7. The second-order valence-corrected chi connectivity index (χ2v) is 7.21. The number of hydrogen-bond acceptors (Lipinski definition) is 4. The van der Waals surface area contributed by atoms with Gasteiger partial charge in [0, 0.05) is 29.6 Å². The summed E-state index contributed by atoms with van der Waals surface area (Å²) in [5.41, 5.74) is 6.17. The molecule has 1 saturated carbocycles. The Morgan fingerprint density at radius 1 is 1.13 bits per heavy atom. The smallest absolute Gasteiger partial charge is 0.394 e. The van der Waals surface area contributed by atoms with Crippen LogP contribution in [0.3, 0.4) is 0 Å². The Kier molecular flexibility index (Phi) is 7.04. The molecule has 0 spiro atoms. The molecule has 0 aliphatic heterocycles. The quantitative estimate of drug-likeness (QED) is 0.683. The number of nitrogens with one attached hydrogen (secondary N) is 1. The second kappa shape index (κ2) is 9.72. The lowest BCUT2D eigenvalue weighted by molar-refractivity contribution is -0.0933. The van der Waals surface area contributed by atoms with Gasteiger partial charge in [0.1, 0.15) is 11.5 Å². The van der Waals surface area contributed by atoms with Crippen LogP contribution < -0.4 is 11.1 Å². The average molecular weight is 434 g/mol. The van der Waals surface area contributed by atoms with Crippen molar-refractivity contribution in [3.8, 4) is 0 Å². The first kappa shape index (κ1) is 22.5. The molecule has 1 amide bonds. The van der Waals surface area contributed by atoms with Crippen molar-refractivity contribution in [3.63, 3.8) is 0 Å². The van der Waals surface area contributed by atoms with Gasteiger partial charge in [0.25, 0.3) is 5.91 Å². The molecule has 1 aliphatic carbocycles. The minimum Gasteiger partial charge on any atom is -0.394 e. The van der Waals surface area contributed by atoms with E-state index in [4.69, 9.17) is 5.73 Å². The largest absolute Gasteiger partial charge is 0.431 e. The predicted molar refractivity (Wildman–Crippen MR) is 109 cm³/mol. The number of alkyl halides is 3. The Morgan fingerprint density at radius 3 is 2.55 bits per heavy atom. The van der Waals surface area contributed by atoms with Gasteiger partial charge in [0.05, 0.1) is 12.2 Å². The molecule has 0 radical (unpaired) electrons. The highest BCUT2D eigenvalue weighted by Gasteiger charge is 2.35. The number of benzene rings is 1. The van der Waals surface area contributed by atoms with Crippen LogP contribution in [0.4, 0.5) is 17.6 Å². The van der Waals surface area contributed by atoms with Crippen LogP contribution in [-0.2, 0) is 13.1 Å². The lowest BCUT2D eigenvalue weighted by Gasteiger charge is -2.20. The van der Waals surface area contributed by atoms with Gasteiger partial charge in [-0.2, -0.15) is 13.2 Å². The third-order valence-electron chi connectivity index (χ3n) is 4.95. The first-order chi connectivity index (χ1) is 14.7. The molecule has 0 saturated heterocycles. The average Bonchev–Trinajstić information content (AvgIpc) is 2.76. The van der Waals surface area contributed by atoms with E-state index in [0.717, 1.165) is 12.0 Å². The molecule has 1 aromatic carbocycles. The number of allylic oxidation sites excluding steroid dienone is 2. The summed E-state index contributed by atoms with van der Waals surface area (Å²) in [5, 5.41) is 2.73. The number of pyridine rings is 1. The number of nitrogens with zero attached hydrogens (tertiary/aromatic N) is 2. The van der Waals surface area contributed by atoms with Crippen LogP contribution in [0.1, 0.15) is 47.3 Å². The zero-order valence-corrected chi connectivity index (χ0v) is 16.7. The van der Waals surface area contributed by atoms with Crippen molar-refractivity contribution in [2.45, 2.75) is 44.9 Å². The molecule has 1 aliphatic rings. The molecule has 3 N–H and O–H groups in total. The molecule has 164 valence electrons. The molecule has 1 heterocycles. The van der Waals surface area contributed by atoms with Crippen LogP contribution in [0.5, 0.6) is 0 Å². The number of nitrogens with two attached hydrogens (primary N) is 1. The van der Waals surface area contributed by atoms with Crippen LogP contribution in [0, 0.1) is 5.82 Å². The Bertz CT molecular complexity index is 997. The van der Waals surface area contributed by atoms with Gasteiger partial charge in [-0.05, 0) is 55.5 Å². The third kappa shape index (κ3) is 6.13. The molecule has 1 fully saturated rings. The summed E-state index contributed by atoms with van der Waals surface area (Å²) in [6.07, 6.45) is -1.11. The van der Waals surface area contributed by atoms with E-state index in [-0.39, 0.29) is 36.8 Å². The van der Waals surface area contributed by atoms with Gasteiger partial charge in [-0.1, -0.05) is 12.1 Å². The van der Waals surface area contributed by atoms with Gasteiger partial charge in [-0.3, -0.25) is 14.8 Å². The van der Waals surface area contributed by atoms with E-state index in [2.05, 4.69) is 15.3 Å². The van der Waals surface area contributed by atoms with Crippen molar-refractivity contribution >= 4 is 11.6 Å². The first-order valence-electron chi connectivity index (χ1n) is 9.81. The molecule has 3 rings (SSSR count). The molecular formula is C22H22F4N4O. The van der Waals surface area contributed by atoms with E-state index in [1.165, 1.54) is 24.4 Å². The first-order valence-corrected chi connectivity index (χ1v) is 9.81. The molecule has 0 unspecified atom stereocenters. The van der Waals surface area contributed by atoms with Gasteiger partial charge in [-0.25, -0.2) is 4.39 Å². The zero-order chi connectivity index (χ0) is 22.4. The molecule has 2 aromatic rings. The fourth-order valence-electron chi connectivity index (χ4n) is 3.29. The SMILES string of the molecule is NC(=C1CCCCC1=NCc1cc(C(=O)NCc2ccc(F)cc2)ccn1)C(F)(F)F. The maximum Gasteiger partial charge on any atom is 0.431 e. The minimum atomic E-state index is -4.59. The molecule has 5 nitrogen and oxygen atoms in total. The van der Waals surface area contributed by atoms with Crippen molar-refractivity contribution < 1.29 is 22.4 Å². The van der Waals surface area contributed by atoms with Gasteiger partial charge < -0.3 is 11.1 Å². The van der Waals surface area contributed by atoms with Crippen LogP contribution >= 0.6 is 0 Å². The number of hydrogen-bond donors (Lipinski definition) is 2. The normalized spacial score (nSPS) is 17.5. The third-order valence-corrected chi connectivity index (χ3v) is 4.95. The molecule has 1 aromatic heterocycles. The van der Waals surface area contributed by atoms with Crippen LogP contribution in [-0.4, -0.2) is 22.8 Å². The summed E-state index contributed by atoms with van der Waals surface area (Å²) < 4.78 is 52.0. The fraction of sp³-hybridized carbons (Fsp3) is 0.318. The molecule has 0 bridgehead atoms. The highest BCUT2D eigenvalue weighted by Crippen LogP contribution is 2.31. The number of carbonyl (C=O) groups is 1. The molecule has 9 heteroatoms. The summed E-state index contributed by atoms with van der Waals surface area (Å²) in [6, 6.07) is 8.85. The van der Waals surface area contributed by atoms with Gasteiger partial charge >= 0.3 is 6.18 Å². The number of amides is 1. The summed E-state index contributed by atoms with van der Waals surface area (Å²) in [5.74, 6) is -0.705. The fourth-order valence-corrected chi connectivity index (χ4v) is 3.29. The highest BCUT2D eigenvalue weighted by atomic mass is 19.4. The van der Waals surface area contributed by atoms with E-state index in [1.54, 1.807) is 18.2 Å². The Hall–Kier alpha value is -3.23. The van der Waals surface area contributed by atoms with Crippen LogP contribution in [0.15, 0.2) is 58.9 Å². The number of aliphatic imine (C=N–C) groups is 1. The Morgan fingerprint density at radius 2 is 1.84 bits per heavy atom. The second-order valence-electron chi connectivity index (χ2n) is 7.21. The van der Waals surface area contributed by atoms with Crippen molar-refractivity contribution in [2.24, 2.45) is 10.7 Å². The summed E-state index contributed by atoms with van der Waals surface area (Å²) >= 11 is 0. The van der Waals surface area contributed by atoms with Gasteiger partial charge in [-0.15, -0.1) is 0 Å². The van der Waals surface area contributed by atoms with E-state index in [0.29, 0.717) is 29.8 Å². The summed E-state index contributed by atoms with van der Waals surface area (Å²) in [4.78, 5) is 20.9. The number of aromatic nitrogens is 1. The van der Waals surface area contributed by atoms with E-state index in [9.17, 15) is 22.4 Å². The Labute approximate surface area is 177 Å². The predicted octanol–water partition coefficient (Wildman–Crippen LogP) is 4.44. The van der Waals surface area contributed by atoms with E-state index >= 15 is 0 Å². The number of halogens is 4. The van der Waals surface area contributed by atoms with Crippen molar-refractivity contribution in [1.29, 1.82) is 0 Å². The molecular weight excluding hydrogens is 412 g/mol. The Balaban J connectivity index is 1.69. The lowest BCUT2D eigenvalue weighted by Crippen LogP contribution is -2.26. The van der Waals surface area contributed by atoms with Gasteiger partial charge in [0.15, 0.2) is 0 Å². The molecule has 31 heavy (non-hydrogen) atoms.